The largest absolute Gasteiger partial charge is 0.379 e. The lowest BCUT2D eigenvalue weighted by molar-refractivity contribution is -0.127. The van der Waals surface area contributed by atoms with Crippen LogP contribution in [0.1, 0.15) is 92.8 Å². The van der Waals surface area contributed by atoms with Crippen LogP contribution in [0.25, 0.3) is 0 Å². The number of rotatable bonds is 17. The summed E-state index contributed by atoms with van der Waals surface area (Å²) in [6, 6.07) is 19.1. The first-order valence-electron chi connectivity index (χ1n) is 19.9. The van der Waals surface area contributed by atoms with Crippen LogP contribution in [0.2, 0.25) is 5.02 Å². The molecular formula is C42H62ClN7O7S. The summed E-state index contributed by atoms with van der Waals surface area (Å²) in [5, 5.41) is 14.8. The van der Waals surface area contributed by atoms with E-state index in [1.54, 1.807) is 39.0 Å². The molecule has 3 atom stereocenters. The Hall–Kier alpha value is -4.54. The summed E-state index contributed by atoms with van der Waals surface area (Å²) in [7, 11) is -2.67. The summed E-state index contributed by atoms with van der Waals surface area (Å²) < 4.78 is 35.0. The summed E-state index contributed by atoms with van der Waals surface area (Å²) in [6.45, 7) is 14.7. The third-order valence-corrected chi connectivity index (χ3v) is 10.8. The molecule has 320 valence electrons. The lowest BCUT2D eigenvalue weighted by Gasteiger charge is -2.31. The number of hydrogen-bond acceptors (Lipinski definition) is 8. The average Bonchev–Trinajstić information content (AvgIpc) is 3.23. The van der Waals surface area contributed by atoms with Crippen LogP contribution in [0, 0.1) is 0 Å². The van der Waals surface area contributed by atoms with Gasteiger partial charge in [0.15, 0.2) is 0 Å². The fraction of sp³-hybridized carbons (Fsp3) is 0.476. The van der Waals surface area contributed by atoms with Crippen molar-refractivity contribution in [2.24, 2.45) is 0 Å². The molecular weight excluding hydrogens is 782 g/mol. The molecule has 14 nitrogen and oxygen atoms in total. The van der Waals surface area contributed by atoms with Crippen molar-refractivity contribution in [3.63, 3.8) is 0 Å². The minimum absolute atomic E-state index is 0.0536. The van der Waals surface area contributed by atoms with Crippen molar-refractivity contribution < 1.29 is 32.3 Å². The van der Waals surface area contributed by atoms with Gasteiger partial charge in [-0.3, -0.25) is 23.5 Å². The predicted molar refractivity (Wildman–Crippen MR) is 231 cm³/mol. The zero-order chi connectivity index (χ0) is 43.3. The second-order valence-corrected chi connectivity index (χ2v) is 15.8. The van der Waals surface area contributed by atoms with Gasteiger partial charge >= 0.3 is 10.2 Å². The topological polar surface area (TPSA) is 178 Å². The Morgan fingerprint density at radius 1 is 0.845 bits per heavy atom. The van der Waals surface area contributed by atoms with Crippen molar-refractivity contribution in [1.29, 1.82) is 0 Å². The Morgan fingerprint density at radius 2 is 1.45 bits per heavy atom. The molecule has 16 heteroatoms. The molecule has 0 aromatic heterocycles. The van der Waals surface area contributed by atoms with Crippen LogP contribution in [0.4, 0.5) is 5.69 Å². The molecule has 1 aliphatic rings. The first-order valence-corrected chi connectivity index (χ1v) is 21.6. The smallest absolute Gasteiger partial charge is 0.303 e. The maximum atomic E-state index is 14.0. The number of anilines is 1. The molecule has 58 heavy (non-hydrogen) atoms. The van der Waals surface area contributed by atoms with Crippen LogP contribution in [0.5, 0.6) is 0 Å². The first-order chi connectivity index (χ1) is 27.7. The number of nitrogens with one attached hydrogen (secondary N) is 5. The summed E-state index contributed by atoms with van der Waals surface area (Å²) >= 11 is 6.17. The number of halogens is 1. The predicted octanol–water partition coefficient (Wildman–Crippen LogP) is 4.86. The lowest BCUT2D eigenvalue weighted by atomic mass is 10.0. The van der Waals surface area contributed by atoms with Gasteiger partial charge in [0, 0.05) is 55.4 Å². The molecule has 3 aromatic rings. The van der Waals surface area contributed by atoms with Gasteiger partial charge < -0.3 is 31.3 Å². The number of carbonyl (C=O) groups excluding carboxylic acids is 4. The van der Waals surface area contributed by atoms with Gasteiger partial charge in [-0.15, -0.1) is 0 Å². The standard InChI is InChI=1S/C37H48ClN7O7S.C3H8.C2H6/c1-5-39-34(46)24-41-35(47)26(3)40-23-32(18-27-10-7-6-8-11-27)43-37(49)30-19-29(36(48)42-25(2)28-12-9-13-31(38)20-28)21-33(22-30)44(4)53(50,51)45-14-16-52-17-15-45;1-3-2;1-2/h6-13,19-22,25-26,32,40H,5,14-18,23-24H2,1-4H3,(H,39,46)(H,41,47)(H,42,48)(H,43,49);3H2,1-2H3;1-2H3/t25-,26?,32+;;/m1../s1. The van der Waals surface area contributed by atoms with E-state index in [1.165, 1.54) is 36.0 Å². The number of ether oxygens (including phenoxy) is 1. The average molecular weight is 845 g/mol. The Labute approximate surface area is 350 Å². The highest BCUT2D eigenvalue weighted by molar-refractivity contribution is 7.90. The highest BCUT2D eigenvalue weighted by atomic mass is 35.5. The van der Waals surface area contributed by atoms with Crippen LogP contribution in [-0.4, -0.2) is 101 Å². The van der Waals surface area contributed by atoms with E-state index in [0.717, 1.165) is 15.4 Å². The first kappa shape index (κ1) is 49.6. The number of morpholine rings is 1. The van der Waals surface area contributed by atoms with Gasteiger partial charge in [-0.05, 0) is 68.7 Å². The van der Waals surface area contributed by atoms with Crippen molar-refractivity contribution in [1.82, 2.24) is 30.9 Å². The molecule has 1 saturated heterocycles. The van der Waals surface area contributed by atoms with Crippen LogP contribution >= 0.6 is 11.6 Å². The van der Waals surface area contributed by atoms with Crippen molar-refractivity contribution >= 4 is 51.1 Å². The van der Waals surface area contributed by atoms with E-state index in [9.17, 15) is 27.6 Å². The number of amides is 4. The minimum atomic E-state index is -4.04. The molecule has 1 unspecified atom stereocenters. The van der Waals surface area contributed by atoms with E-state index >= 15 is 0 Å². The molecule has 0 aliphatic carbocycles. The maximum Gasteiger partial charge on any atom is 0.303 e. The van der Waals surface area contributed by atoms with Crippen LogP contribution in [0.15, 0.2) is 72.8 Å². The van der Waals surface area contributed by atoms with Crippen molar-refractivity contribution in [2.45, 2.75) is 79.4 Å². The molecule has 5 N–H and O–H groups in total. The number of nitrogens with zero attached hydrogens (tertiary/aromatic N) is 2. The summed E-state index contributed by atoms with van der Waals surface area (Å²) in [5.74, 6) is -1.78. The van der Waals surface area contributed by atoms with Crippen molar-refractivity contribution in [2.75, 3.05) is 57.3 Å². The van der Waals surface area contributed by atoms with Gasteiger partial charge in [0.25, 0.3) is 11.8 Å². The second kappa shape index (κ2) is 25.7. The molecule has 1 fully saturated rings. The fourth-order valence-corrected chi connectivity index (χ4v) is 7.14. The van der Waals surface area contributed by atoms with Crippen LogP contribution in [-0.2, 0) is 31.0 Å². The zero-order valence-corrected chi connectivity index (χ0v) is 36.6. The van der Waals surface area contributed by atoms with E-state index in [0.29, 0.717) is 18.0 Å². The third-order valence-electron chi connectivity index (χ3n) is 8.67. The lowest BCUT2D eigenvalue weighted by Crippen LogP contribution is -2.50. The Morgan fingerprint density at radius 3 is 2.03 bits per heavy atom. The van der Waals surface area contributed by atoms with Crippen LogP contribution < -0.4 is 30.9 Å². The minimum Gasteiger partial charge on any atom is -0.379 e. The van der Waals surface area contributed by atoms with Gasteiger partial charge in [0.05, 0.1) is 37.5 Å². The maximum absolute atomic E-state index is 14.0. The molecule has 0 spiro atoms. The van der Waals surface area contributed by atoms with Crippen molar-refractivity contribution in [3.8, 4) is 0 Å². The Bertz CT molecular complexity index is 1860. The second-order valence-electron chi connectivity index (χ2n) is 13.4. The molecule has 0 bridgehead atoms. The van der Waals surface area contributed by atoms with E-state index < -0.39 is 40.1 Å². The third kappa shape index (κ3) is 16.0. The normalized spacial score (nSPS) is 14.2. The molecule has 4 amide bonds. The van der Waals surface area contributed by atoms with Crippen LogP contribution in [0.3, 0.4) is 0 Å². The Kier molecular flexibility index (Phi) is 22.0. The fourth-order valence-electron chi connectivity index (χ4n) is 5.61. The van der Waals surface area contributed by atoms with Gasteiger partial charge in [0.2, 0.25) is 11.8 Å². The zero-order valence-electron chi connectivity index (χ0n) is 35.1. The molecule has 1 heterocycles. The van der Waals surface area contributed by atoms with Gasteiger partial charge in [-0.25, -0.2) is 0 Å². The molecule has 1 aliphatic heterocycles. The molecule has 0 radical (unpaired) electrons. The highest BCUT2D eigenvalue weighted by Gasteiger charge is 2.30. The highest BCUT2D eigenvalue weighted by Crippen LogP contribution is 2.25. The summed E-state index contributed by atoms with van der Waals surface area (Å²) in [4.78, 5) is 52.3. The van der Waals surface area contributed by atoms with E-state index in [2.05, 4.69) is 40.4 Å². The Balaban J connectivity index is 0.00000221. The summed E-state index contributed by atoms with van der Waals surface area (Å²) in [5.41, 5.74) is 1.92. The van der Waals surface area contributed by atoms with Gasteiger partial charge in [-0.1, -0.05) is 88.2 Å². The number of likely N-dealkylation sites (N-methyl/N-ethyl adjacent to an activating group) is 1. The summed E-state index contributed by atoms with van der Waals surface area (Å²) in [6.07, 6.45) is 1.64. The van der Waals surface area contributed by atoms with E-state index in [4.69, 9.17) is 16.3 Å². The number of benzene rings is 3. The number of hydrogen-bond donors (Lipinski definition) is 5. The van der Waals surface area contributed by atoms with E-state index in [1.807, 2.05) is 50.2 Å². The van der Waals surface area contributed by atoms with E-state index in [-0.39, 0.29) is 68.0 Å². The molecule has 0 saturated carbocycles. The quantitative estimate of drug-likeness (QED) is 0.128. The monoisotopic (exact) mass is 843 g/mol. The molecule has 4 rings (SSSR count). The SMILES string of the molecule is CC.CCC.CCNC(=O)CNC(=O)C(C)NC[C@H](Cc1ccccc1)NC(=O)c1cc(C(=O)N[C@H](C)c2cccc(Cl)c2)cc(N(C)S(=O)(=O)N2CCOCC2)c1. The molecule has 3 aromatic carbocycles. The van der Waals surface area contributed by atoms with Crippen molar-refractivity contribution in [3.05, 3.63) is 100 Å². The van der Waals surface area contributed by atoms with Gasteiger partial charge in [-0.2, -0.15) is 12.7 Å². The number of carbonyl (C=O) groups is 4. The van der Waals surface area contributed by atoms with Gasteiger partial charge in [0.1, 0.15) is 0 Å².